The van der Waals surface area contributed by atoms with Crippen LogP contribution in [0.1, 0.15) is 11.1 Å². The number of amides is 1. The first-order valence-electron chi connectivity index (χ1n) is 10.6. The van der Waals surface area contributed by atoms with Gasteiger partial charge in [-0.2, -0.15) is 0 Å². The molecule has 0 fully saturated rings. The highest BCUT2D eigenvalue weighted by Gasteiger charge is 2.18. The lowest BCUT2D eigenvalue weighted by molar-refractivity contribution is -0.118. The predicted octanol–water partition coefficient (Wildman–Crippen LogP) is 4.60. The van der Waals surface area contributed by atoms with Crippen molar-refractivity contribution in [3.8, 4) is 0 Å². The Morgan fingerprint density at radius 3 is 2.33 bits per heavy atom. The summed E-state index contributed by atoms with van der Waals surface area (Å²) in [6.07, 6.45) is 0. The van der Waals surface area contributed by atoms with E-state index in [0.717, 1.165) is 16.5 Å². The normalized spacial score (nSPS) is 11.2. The zero-order chi connectivity index (χ0) is 22.6. The fourth-order valence-electron chi connectivity index (χ4n) is 3.65. The number of nitrogens with one attached hydrogen (secondary N) is 1. The summed E-state index contributed by atoms with van der Waals surface area (Å²) in [5, 5.41) is 4.19. The molecule has 2 heterocycles. The number of carbonyl (C=O) groups excluding carboxylic acids is 1. The second-order valence-electron chi connectivity index (χ2n) is 7.60. The lowest BCUT2D eigenvalue weighted by Gasteiger charge is -2.12. The van der Waals surface area contributed by atoms with Gasteiger partial charge in [-0.15, -0.1) is 0 Å². The van der Waals surface area contributed by atoms with Crippen LogP contribution in [0.25, 0.3) is 22.1 Å². The molecule has 5 rings (SSSR count). The Balaban J connectivity index is 1.46. The number of carbonyl (C=O) groups is 1. The van der Waals surface area contributed by atoms with Crippen LogP contribution in [-0.4, -0.2) is 21.2 Å². The van der Waals surface area contributed by atoms with Crippen molar-refractivity contribution < 1.29 is 9.21 Å². The van der Waals surface area contributed by atoms with E-state index >= 15 is 0 Å². The minimum Gasteiger partial charge on any atom is -0.448 e. The third-order valence-electron chi connectivity index (χ3n) is 5.30. The van der Waals surface area contributed by atoms with Crippen LogP contribution in [0.5, 0.6) is 0 Å². The molecule has 0 saturated heterocycles. The minimum atomic E-state index is -0.257. The molecule has 0 aliphatic carbocycles. The monoisotopic (exact) mass is 455 g/mol. The molecule has 5 aromatic rings. The molecular weight excluding hydrogens is 434 g/mol. The highest BCUT2D eigenvalue weighted by molar-refractivity contribution is 7.99. The van der Waals surface area contributed by atoms with Crippen LogP contribution >= 0.6 is 11.8 Å². The van der Waals surface area contributed by atoms with Gasteiger partial charge in [-0.3, -0.25) is 14.2 Å². The number of nitrogens with zero attached hydrogens (tertiary/aromatic N) is 2. The molecule has 0 bridgehead atoms. The van der Waals surface area contributed by atoms with E-state index in [9.17, 15) is 9.59 Å². The minimum absolute atomic E-state index is 0.124. The summed E-state index contributed by atoms with van der Waals surface area (Å²) < 4.78 is 7.42. The molecule has 0 atom stereocenters. The van der Waals surface area contributed by atoms with Crippen molar-refractivity contribution in [2.45, 2.75) is 18.2 Å². The molecule has 164 valence electrons. The highest BCUT2D eigenvalue weighted by atomic mass is 32.2. The highest BCUT2D eigenvalue weighted by Crippen LogP contribution is 2.27. The van der Waals surface area contributed by atoms with Crippen LogP contribution in [-0.2, 0) is 17.9 Å². The van der Waals surface area contributed by atoms with E-state index in [0.29, 0.717) is 29.3 Å². The van der Waals surface area contributed by atoms with Crippen LogP contribution in [0.4, 0.5) is 0 Å². The molecule has 0 aliphatic heterocycles. The number of hydrogen-bond acceptors (Lipinski definition) is 5. The Kier molecular flexibility index (Phi) is 5.95. The molecule has 1 N–H and O–H groups in total. The lowest BCUT2D eigenvalue weighted by atomic mass is 10.2. The Labute approximate surface area is 194 Å². The number of aromatic nitrogens is 2. The van der Waals surface area contributed by atoms with Crippen LogP contribution in [0.2, 0.25) is 0 Å². The van der Waals surface area contributed by atoms with Gasteiger partial charge in [0.15, 0.2) is 5.16 Å². The third kappa shape index (κ3) is 4.54. The molecule has 6 nitrogen and oxygen atoms in total. The standard InChI is InChI=1S/C26H21N3O3S/c30-22(27-15-18-9-3-1-4-10-18)17-33-26-28-23-20-13-7-8-14-21(20)32-24(23)25(31)29(26)16-19-11-5-2-6-12-19/h1-14H,15-17H2,(H,27,30). The van der Waals surface area contributed by atoms with Crippen molar-refractivity contribution in [2.24, 2.45) is 0 Å². The number of benzene rings is 3. The van der Waals surface area contributed by atoms with Gasteiger partial charge in [0.05, 0.1) is 12.3 Å². The van der Waals surface area contributed by atoms with Gasteiger partial charge in [-0.1, -0.05) is 84.6 Å². The molecule has 0 unspecified atom stereocenters. The topological polar surface area (TPSA) is 77.1 Å². The first-order valence-corrected chi connectivity index (χ1v) is 11.6. The van der Waals surface area contributed by atoms with E-state index in [2.05, 4.69) is 5.32 Å². The molecular formula is C26H21N3O3S. The molecule has 1 amide bonds. The van der Waals surface area contributed by atoms with Gasteiger partial charge in [-0.05, 0) is 23.3 Å². The predicted molar refractivity (Wildman–Crippen MR) is 130 cm³/mol. The Hall–Kier alpha value is -3.84. The molecule has 0 radical (unpaired) electrons. The van der Waals surface area contributed by atoms with E-state index < -0.39 is 0 Å². The Bertz CT molecular complexity index is 1480. The summed E-state index contributed by atoms with van der Waals surface area (Å²) >= 11 is 1.25. The van der Waals surface area contributed by atoms with Crippen molar-refractivity contribution in [3.63, 3.8) is 0 Å². The molecule has 0 aliphatic rings. The van der Waals surface area contributed by atoms with Gasteiger partial charge in [0.25, 0.3) is 5.56 Å². The maximum Gasteiger partial charge on any atom is 0.298 e. The van der Waals surface area contributed by atoms with Crippen molar-refractivity contribution in [3.05, 3.63) is 106 Å². The average Bonchev–Trinajstić information content (AvgIpc) is 3.23. The second-order valence-corrected chi connectivity index (χ2v) is 8.54. The van der Waals surface area contributed by atoms with E-state index in [1.807, 2.05) is 84.9 Å². The van der Waals surface area contributed by atoms with Gasteiger partial charge >= 0.3 is 0 Å². The third-order valence-corrected chi connectivity index (χ3v) is 6.27. The molecule has 2 aromatic heterocycles. The second kappa shape index (κ2) is 9.34. The maximum atomic E-state index is 13.4. The average molecular weight is 456 g/mol. The fourth-order valence-corrected chi connectivity index (χ4v) is 4.47. The van der Waals surface area contributed by atoms with E-state index in [1.165, 1.54) is 11.8 Å². The number of para-hydroxylation sites is 1. The zero-order valence-electron chi connectivity index (χ0n) is 17.7. The van der Waals surface area contributed by atoms with E-state index in [4.69, 9.17) is 9.40 Å². The molecule has 33 heavy (non-hydrogen) atoms. The summed E-state index contributed by atoms with van der Waals surface area (Å²) in [5.41, 5.74) is 3.10. The summed E-state index contributed by atoms with van der Waals surface area (Å²) in [6.45, 7) is 0.795. The number of rotatable bonds is 7. The summed E-state index contributed by atoms with van der Waals surface area (Å²) in [6, 6.07) is 26.9. The summed E-state index contributed by atoms with van der Waals surface area (Å²) in [7, 11) is 0. The van der Waals surface area contributed by atoms with Crippen molar-refractivity contribution in [1.82, 2.24) is 14.9 Å². The van der Waals surface area contributed by atoms with Crippen LogP contribution in [0.15, 0.2) is 99.3 Å². The number of thioether (sulfide) groups is 1. The largest absolute Gasteiger partial charge is 0.448 e. The van der Waals surface area contributed by atoms with Crippen molar-refractivity contribution in [2.75, 3.05) is 5.75 Å². The van der Waals surface area contributed by atoms with E-state index in [1.54, 1.807) is 4.57 Å². The number of hydrogen-bond donors (Lipinski definition) is 1. The SMILES string of the molecule is O=C(CSc1nc2c(oc3ccccc32)c(=O)n1Cc1ccccc1)NCc1ccccc1. The zero-order valence-corrected chi connectivity index (χ0v) is 18.5. The van der Waals surface area contributed by atoms with Gasteiger partial charge in [-0.25, -0.2) is 4.98 Å². The first-order chi connectivity index (χ1) is 16.2. The van der Waals surface area contributed by atoms with Crippen LogP contribution < -0.4 is 10.9 Å². The molecule has 0 saturated carbocycles. The number of fused-ring (bicyclic) bond motifs is 3. The van der Waals surface area contributed by atoms with Gasteiger partial charge in [0.1, 0.15) is 11.1 Å². The molecule has 7 heteroatoms. The maximum absolute atomic E-state index is 13.4. The fraction of sp³-hybridized carbons (Fsp3) is 0.115. The van der Waals surface area contributed by atoms with E-state index in [-0.39, 0.29) is 22.8 Å². The molecule has 0 spiro atoms. The quantitative estimate of drug-likeness (QED) is 0.287. The first kappa shape index (κ1) is 21.0. The summed E-state index contributed by atoms with van der Waals surface area (Å²) in [5.74, 6) is 0.0246. The lowest BCUT2D eigenvalue weighted by Crippen LogP contribution is -2.27. The number of furan rings is 1. The Morgan fingerprint density at radius 2 is 1.58 bits per heavy atom. The van der Waals surface area contributed by atoms with Crippen molar-refractivity contribution >= 4 is 39.7 Å². The van der Waals surface area contributed by atoms with Crippen molar-refractivity contribution in [1.29, 1.82) is 0 Å². The van der Waals surface area contributed by atoms with Crippen LogP contribution in [0.3, 0.4) is 0 Å². The Morgan fingerprint density at radius 1 is 0.909 bits per heavy atom. The molecule has 3 aromatic carbocycles. The van der Waals surface area contributed by atoms with Crippen LogP contribution in [0, 0.1) is 0 Å². The van der Waals surface area contributed by atoms with Gasteiger partial charge < -0.3 is 9.73 Å². The summed E-state index contributed by atoms with van der Waals surface area (Å²) in [4.78, 5) is 30.7. The smallest absolute Gasteiger partial charge is 0.298 e. The van der Waals surface area contributed by atoms with Gasteiger partial charge in [0.2, 0.25) is 11.5 Å². The van der Waals surface area contributed by atoms with Gasteiger partial charge in [0, 0.05) is 11.9 Å².